The summed E-state index contributed by atoms with van der Waals surface area (Å²) in [6.45, 7) is 6.53. The van der Waals surface area contributed by atoms with E-state index in [4.69, 9.17) is 9.47 Å². The molecule has 174 valence electrons. The summed E-state index contributed by atoms with van der Waals surface area (Å²) >= 11 is 0. The number of nitrogens with zero attached hydrogens (tertiary/aromatic N) is 1. The highest BCUT2D eigenvalue weighted by molar-refractivity contribution is 7.89. The topological polar surface area (TPSA) is 114 Å². The van der Waals surface area contributed by atoms with E-state index < -0.39 is 27.6 Å². The first-order valence-corrected chi connectivity index (χ1v) is 11.9. The molecule has 0 saturated carbocycles. The lowest BCUT2D eigenvalue weighted by molar-refractivity contribution is 0.0526. The number of rotatable bonds is 7. The van der Waals surface area contributed by atoms with Gasteiger partial charge in [-0.1, -0.05) is 12.8 Å². The lowest BCUT2D eigenvalue weighted by Crippen LogP contribution is -2.38. The van der Waals surface area contributed by atoms with Crippen LogP contribution < -0.4 is 15.4 Å². The smallest absolute Gasteiger partial charge is 0.407 e. The van der Waals surface area contributed by atoms with E-state index in [-0.39, 0.29) is 29.3 Å². The van der Waals surface area contributed by atoms with Gasteiger partial charge in [-0.25, -0.2) is 13.2 Å². The number of amides is 2. The van der Waals surface area contributed by atoms with Gasteiger partial charge in [-0.05, 0) is 51.8 Å². The lowest BCUT2D eigenvalue weighted by atomic mass is 10.2. The minimum absolute atomic E-state index is 0.0172. The Balaban J connectivity index is 2.05. The van der Waals surface area contributed by atoms with Crippen LogP contribution in [0.3, 0.4) is 0 Å². The maximum absolute atomic E-state index is 13.2. The van der Waals surface area contributed by atoms with Crippen molar-refractivity contribution < 1.29 is 27.5 Å². The number of alkyl carbamates (subject to hydrolysis) is 1. The standard InChI is InChI=1S/C21H33N3O6S/c1-21(2,3)30-20(26)23-12-11-22-19(25)16-9-10-17(29-4)18(15-16)31(27,28)24-13-7-5-6-8-14-24/h9-10,15H,5-8,11-14H2,1-4H3,(H,22,25)(H,23,26). The molecule has 1 heterocycles. The van der Waals surface area contributed by atoms with Crippen LogP contribution in [-0.2, 0) is 14.8 Å². The number of carbonyl (C=O) groups is 2. The second-order valence-corrected chi connectivity index (χ2v) is 10.3. The zero-order chi connectivity index (χ0) is 23.1. The molecule has 2 amide bonds. The molecule has 0 bridgehead atoms. The number of nitrogens with one attached hydrogen (secondary N) is 2. The molecule has 0 radical (unpaired) electrons. The van der Waals surface area contributed by atoms with Crippen LogP contribution in [0.5, 0.6) is 5.75 Å². The van der Waals surface area contributed by atoms with Crippen molar-refractivity contribution in [1.29, 1.82) is 0 Å². The fourth-order valence-electron chi connectivity index (χ4n) is 3.20. The Bertz CT molecular complexity index is 872. The number of carbonyl (C=O) groups excluding carboxylic acids is 2. The van der Waals surface area contributed by atoms with E-state index in [2.05, 4.69) is 10.6 Å². The molecule has 2 rings (SSSR count). The van der Waals surface area contributed by atoms with Crippen molar-refractivity contribution in [3.63, 3.8) is 0 Å². The predicted molar refractivity (Wildman–Crippen MR) is 117 cm³/mol. The van der Waals surface area contributed by atoms with Crippen molar-refractivity contribution in [3.05, 3.63) is 23.8 Å². The Labute approximate surface area is 184 Å². The molecule has 0 aromatic heterocycles. The van der Waals surface area contributed by atoms with Gasteiger partial charge in [0.2, 0.25) is 10.0 Å². The van der Waals surface area contributed by atoms with Crippen LogP contribution in [0.1, 0.15) is 56.8 Å². The van der Waals surface area contributed by atoms with E-state index in [1.165, 1.54) is 29.6 Å². The van der Waals surface area contributed by atoms with E-state index in [0.717, 1.165) is 25.7 Å². The van der Waals surface area contributed by atoms with Crippen molar-refractivity contribution in [1.82, 2.24) is 14.9 Å². The summed E-state index contributed by atoms with van der Waals surface area (Å²) in [5.74, 6) is -0.242. The molecular formula is C21H33N3O6S. The second-order valence-electron chi connectivity index (χ2n) is 8.37. The van der Waals surface area contributed by atoms with Gasteiger partial charge >= 0.3 is 6.09 Å². The average Bonchev–Trinajstić information content (AvgIpc) is 2.99. The molecule has 9 nitrogen and oxygen atoms in total. The van der Waals surface area contributed by atoms with Gasteiger partial charge in [0.25, 0.3) is 5.91 Å². The fraction of sp³-hybridized carbons (Fsp3) is 0.619. The summed E-state index contributed by atoms with van der Waals surface area (Å²) in [7, 11) is -2.38. The SMILES string of the molecule is COc1ccc(C(=O)NCCNC(=O)OC(C)(C)C)cc1S(=O)(=O)N1CCCCCC1. The molecule has 0 atom stereocenters. The maximum atomic E-state index is 13.2. The van der Waals surface area contributed by atoms with Gasteiger partial charge in [-0.3, -0.25) is 4.79 Å². The van der Waals surface area contributed by atoms with Crippen molar-refractivity contribution in [2.24, 2.45) is 0 Å². The van der Waals surface area contributed by atoms with Gasteiger partial charge in [0.05, 0.1) is 7.11 Å². The molecular weight excluding hydrogens is 422 g/mol. The molecule has 1 aliphatic rings. The van der Waals surface area contributed by atoms with Gasteiger partial charge < -0.3 is 20.1 Å². The number of hydrogen-bond donors (Lipinski definition) is 2. The summed E-state index contributed by atoms with van der Waals surface area (Å²) in [6.07, 6.45) is 3.06. The minimum atomic E-state index is -3.78. The van der Waals surface area contributed by atoms with Crippen LogP contribution in [-0.4, -0.2) is 63.6 Å². The van der Waals surface area contributed by atoms with Gasteiger partial charge in [-0.15, -0.1) is 0 Å². The molecule has 0 spiro atoms. The van der Waals surface area contributed by atoms with Gasteiger partial charge in [0.15, 0.2) is 0 Å². The normalized spacial score (nSPS) is 15.6. The lowest BCUT2D eigenvalue weighted by Gasteiger charge is -2.21. The fourth-order valence-corrected chi connectivity index (χ4v) is 4.90. The molecule has 31 heavy (non-hydrogen) atoms. The molecule has 0 aliphatic carbocycles. The number of hydrogen-bond acceptors (Lipinski definition) is 6. The Kier molecular flexibility index (Phi) is 8.69. The van der Waals surface area contributed by atoms with Crippen LogP contribution in [0.15, 0.2) is 23.1 Å². The van der Waals surface area contributed by atoms with Crippen molar-refractivity contribution in [2.45, 2.75) is 57.0 Å². The zero-order valence-corrected chi connectivity index (χ0v) is 19.5. The summed E-state index contributed by atoms with van der Waals surface area (Å²) in [4.78, 5) is 24.1. The third kappa shape index (κ3) is 7.39. The minimum Gasteiger partial charge on any atom is -0.495 e. The van der Waals surface area contributed by atoms with Crippen LogP contribution in [0.2, 0.25) is 0 Å². The largest absolute Gasteiger partial charge is 0.495 e. The molecule has 1 saturated heterocycles. The monoisotopic (exact) mass is 455 g/mol. The Hall–Kier alpha value is -2.33. The average molecular weight is 456 g/mol. The highest BCUT2D eigenvalue weighted by Gasteiger charge is 2.29. The number of sulfonamides is 1. The maximum Gasteiger partial charge on any atom is 0.407 e. The van der Waals surface area contributed by atoms with Crippen LogP contribution in [0.25, 0.3) is 0 Å². The second kappa shape index (κ2) is 10.8. The zero-order valence-electron chi connectivity index (χ0n) is 18.7. The van der Waals surface area contributed by atoms with Crippen molar-refractivity contribution in [2.75, 3.05) is 33.3 Å². The highest BCUT2D eigenvalue weighted by Crippen LogP contribution is 2.29. The third-order valence-corrected chi connectivity index (χ3v) is 6.61. The van der Waals surface area contributed by atoms with Crippen molar-refractivity contribution >= 4 is 22.0 Å². The summed E-state index contributed by atoms with van der Waals surface area (Å²) in [5.41, 5.74) is -0.405. The summed E-state index contributed by atoms with van der Waals surface area (Å²) in [5, 5.41) is 5.21. The molecule has 0 unspecified atom stereocenters. The molecule has 1 aliphatic heterocycles. The summed E-state index contributed by atoms with van der Waals surface area (Å²) in [6, 6.07) is 4.34. The molecule has 10 heteroatoms. The molecule has 1 aromatic rings. The van der Waals surface area contributed by atoms with E-state index in [0.29, 0.717) is 13.1 Å². The van der Waals surface area contributed by atoms with Gasteiger partial charge in [0.1, 0.15) is 16.2 Å². The Morgan fingerprint density at radius 2 is 1.65 bits per heavy atom. The first kappa shape index (κ1) is 24.9. The molecule has 2 N–H and O–H groups in total. The Morgan fingerprint density at radius 3 is 2.23 bits per heavy atom. The van der Waals surface area contributed by atoms with Crippen LogP contribution >= 0.6 is 0 Å². The Morgan fingerprint density at radius 1 is 1.03 bits per heavy atom. The van der Waals surface area contributed by atoms with Gasteiger partial charge in [0, 0.05) is 31.7 Å². The van der Waals surface area contributed by atoms with Gasteiger partial charge in [-0.2, -0.15) is 4.31 Å². The molecule has 1 fully saturated rings. The first-order valence-electron chi connectivity index (χ1n) is 10.5. The van der Waals surface area contributed by atoms with E-state index in [1.54, 1.807) is 20.8 Å². The van der Waals surface area contributed by atoms with Crippen molar-refractivity contribution in [3.8, 4) is 5.75 Å². The summed E-state index contributed by atoms with van der Waals surface area (Å²) < 4.78 is 38.2. The van der Waals surface area contributed by atoms with Crippen LogP contribution in [0, 0.1) is 0 Å². The van der Waals surface area contributed by atoms with E-state index >= 15 is 0 Å². The van der Waals surface area contributed by atoms with E-state index in [1.807, 2.05) is 0 Å². The number of benzene rings is 1. The highest BCUT2D eigenvalue weighted by atomic mass is 32.2. The number of methoxy groups -OCH3 is 1. The predicted octanol–water partition coefficient (Wildman–Crippen LogP) is 2.51. The van der Waals surface area contributed by atoms with E-state index in [9.17, 15) is 18.0 Å². The first-order chi connectivity index (χ1) is 14.5. The van der Waals surface area contributed by atoms with Crippen LogP contribution in [0.4, 0.5) is 4.79 Å². The third-order valence-electron chi connectivity index (χ3n) is 4.69. The number of ether oxygens (including phenoxy) is 2. The quantitative estimate of drug-likeness (QED) is 0.611. The molecule has 1 aromatic carbocycles.